The molecule has 10 nitrogen and oxygen atoms in total. The van der Waals surface area contributed by atoms with Crippen molar-refractivity contribution in [3.05, 3.63) is 23.3 Å². The number of nitrogens with one attached hydrogen (secondary N) is 1. The van der Waals surface area contributed by atoms with E-state index in [4.69, 9.17) is 4.74 Å². The van der Waals surface area contributed by atoms with Crippen molar-refractivity contribution < 1.29 is 29.0 Å². The zero-order chi connectivity index (χ0) is 27.8. The Hall–Kier alpha value is -3.30. The van der Waals surface area contributed by atoms with Crippen molar-refractivity contribution in [3.8, 4) is 5.75 Å². The van der Waals surface area contributed by atoms with Gasteiger partial charge >= 0.3 is 6.09 Å². The molecule has 4 amide bonds. The number of hydrogen-bond acceptors (Lipinski definition) is 5. The van der Waals surface area contributed by atoms with Crippen LogP contribution in [0.15, 0.2) is 12.1 Å². The number of aryl methyl sites for hydroxylation is 1. The summed E-state index contributed by atoms with van der Waals surface area (Å²) in [4.78, 5) is 55.8. The maximum atomic E-state index is 14.0. The molecule has 10 heteroatoms. The van der Waals surface area contributed by atoms with E-state index in [2.05, 4.69) is 5.32 Å². The summed E-state index contributed by atoms with van der Waals surface area (Å²) in [6, 6.07) is 3.11. The predicted molar refractivity (Wildman–Crippen MR) is 143 cm³/mol. The highest BCUT2D eigenvalue weighted by atomic mass is 16.5. The van der Waals surface area contributed by atoms with Gasteiger partial charge in [0.25, 0.3) is 11.8 Å². The molecule has 2 fully saturated rings. The fraction of sp³-hybridized carbons (Fsp3) is 0.643. The molecule has 208 valence electrons. The number of benzene rings is 1. The number of amides is 4. The second kappa shape index (κ2) is 10.8. The summed E-state index contributed by atoms with van der Waals surface area (Å²) in [5.74, 6) is 0.537. The van der Waals surface area contributed by atoms with E-state index < -0.39 is 11.7 Å². The molecular weight excluding hydrogens is 488 g/mol. The molecule has 2 aliphatic heterocycles. The predicted octanol–water partition coefficient (Wildman–Crippen LogP) is 3.41. The zero-order valence-electron chi connectivity index (χ0n) is 23.1. The molecule has 0 spiro atoms. The van der Waals surface area contributed by atoms with Gasteiger partial charge in [-0.3, -0.25) is 14.4 Å². The molecule has 1 saturated carbocycles. The summed E-state index contributed by atoms with van der Waals surface area (Å²) in [6.45, 7) is 10.4. The van der Waals surface area contributed by atoms with E-state index in [9.17, 15) is 24.3 Å². The monoisotopic (exact) mass is 528 g/mol. The normalized spacial score (nSPS) is 20.6. The Balaban J connectivity index is 1.60. The highest BCUT2D eigenvalue weighted by molar-refractivity contribution is 6.05. The molecule has 2 heterocycles. The number of hydrogen-bond donors (Lipinski definition) is 2. The standard InChI is InChI=1S/C28H40N4O6/c1-17(2)32(20-7-6-11-30(16-20)27(36)37)25(34)21-15-22-23(13-18(21)3)38-28(4,5)26(35)31(22)12-10-29-24(33)14-19-8-9-19/h13,15,17,19-20H,6-12,14,16H2,1-5H3,(H,29,33)(H,36,37)/t20-/m1/s1. The van der Waals surface area contributed by atoms with Crippen molar-refractivity contribution in [3.63, 3.8) is 0 Å². The third-order valence-electron chi connectivity index (χ3n) is 7.63. The van der Waals surface area contributed by atoms with Crippen LogP contribution in [0, 0.1) is 12.8 Å². The summed E-state index contributed by atoms with van der Waals surface area (Å²) in [5, 5.41) is 12.4. The molecule has 0 aromatic heterocycles. The van der Waals surface area contributed by atoms with Gasteiger partial charge in [0.05, 0.1) is 11.7 Å². The summed E-state index contributed by atoms with van der Waals surface area (Å²) in [7, 11) is 0. The van der Waals surface area contributed by atoms with Crippen molar-refractivity contribution in [1.29, 1.82) is 0 Å². The van der Waals surface area contributed by atoms with Crippen LogP contribution in [0.25, 0.3) is 0 Å². The molecule has 1 atom stereocenters. The lowest BCUT2D eigenvalue weighted by Crippen LogP contribution is -2.55. The smallest absolute Gasteiger partial charge is 0.407 e. The average Bonchev–Trinajstić information content (AvgIpc) is 3.65. The van der Waals surface area contributed by atoms with E-state index in [1.54, 1.807) is 35.8 Å². The fourth-order valence-corrected chi connectivity index (χ4v) is 5.45. The van der Waals surface area contributed by atoms with Gasteiger partial charge in [0, 0.05) is 44.2 Å². The molecule has 2 N–H and O–H groups in total. The second-order valence-corrected chi connectivity index (χ2v) is 11.5. The maximum absolute atomic E-state index is 14.0. The summed E-state index contributed by atoms with van der Waals surface area (Å²) in [6.07, 6.45) is 3.14. The van der Waals surface area contributed by atoms with E-state index in [1.807, 2.05) is 20.8 Å². The topological polar surface area (TPSA) is 119 Å². The van der Waals surface area contributed by atoms with Gasteiger partial charge in [-0.2, -0.15) is 0 Å². The number of fused-ring (bicyclic) bond motifs is 1. The number of nitrogens with zero attached hydrogens (tertiary/aromatic N) is 3. The number of likely N-dealkylation sites (tertiary alicyclic amines) is 1. The largest absolute Gasteiger partial charge is 0.476 e. The maximum Gasteiger partial charge on any atom is 0.407 e. The van der Waals surface area contributed by atoms with E-state index in [0.29, 0.717) is 54.4 Å². The molecule has 1 aliphatic carbocycles. The van der Waals surface area contributed by atoms with Gasteiger partial charge in [-0.15, -0.1) is 0 Å². The minimum atomic E-state index is -1.09. The molecule has 1 saturated heterocycles. The SMILES string of the molecule is Cc1cc2c(cc1C(=O)N(C(C)C)[C@@H]1CCCN(C(=O)O)C1)N(CCNC(=O)CC1CC1)C(=O)C(C)(C)O2. The van der Waals surface area contributed by atoms with Crippen molar-refractivity contribution in [2.75, 3.05) is 31.1 Å². The van der Waals surface area contributed by atoms with Crippen LogP contribution in [-0.4, -0.2) is 82.6 Å². The van der Waals surface area contributed by atoms with Gasteiger partial charge in [0.15, 0.2) is 5.60 Å². The molecule has 4 rings (SSSR count). The highest BCUT2D eigenvalue weighted by Crippen LogP contribution is 2.40. The van der Waals surface area contributed by atoms with E-state index in [1.165, 1.54) is 4.90 Å². The van der Waals surface area contributed by atoms with Crippen LogP contribution in [0.5, 0.6) is 5.75 Å². The van der Waals surface area contributed by atoms with E-state index in [-0.39, 0.29) is 42.9 Å². The van der Waals surface area contributed by atoms with Gasteiger partial charge in [-0.05, 0) is 83.9 Å². The van der Waals surface area contributed by atoms with Crippen LogP contribution in [0.3, 0.4) is 0 Å². The number of carbonyl (C=O) groups is 4. The average molecular weight is 529 g/mol. The Labute approximate surface area is 224 Å². The highest BCUT2D eigenvalue weighted by Gasteiger charge is 2.42. The van der Waals surface area contributed by atoms with Crippen LogP contribution < -0.4 is 15.0 Å². The lowest BCUT2D eigenvalue weighted by Gasteiger charge is -2.41. The van der Waals surface area contributed by atoms with Gasteiger partial charge < -0.3 is 29.9 Å². The Bertz CT molecular complexity index is 1110. The zero-order valence-corrected chi connectivity index (χ0v) is 23.1. The third kappa shape index (κ3) is 5.89. The summed E-state index contributed by atoms with van der Waals surface area (Å²) in [5.41, 5.74) is 0.575. The fourth-order valence-electron chi connectivity index (χ4n) is 5.45. The van der Waals surface area contributed by atoms with Crippen LogP contribution >= 0.6 is 0 Å². The number of carboxylic acid groups (broad SMARTS) is 1. The number of anilines is 1. The Morgan fingerprint density at radius 3 is 2.55 bits per heavy atom. The van der Waals surface area contributed by atoms with Crippen LogP contribution in [0.4, 0.5) is 10.5 Å². The molecule has 1 aromatic rings. The Kier molecular flexibility index (Phi) is 7.90. The van der Waals surface area contributed by atoms with Gasteiger partial charge in [-0.25, -0.2) is 4.79 Å². The van der Waals surface area contributed by atoms with Crippen molar-refractivity contribution in [2.45, 2.75) is 84.4 Å². The minimum Gasteiger partial charge on any atom is -0.476 e. The van der Waals surface area contributed by atoms with Crippen LogP contribution in [0.1, 0.15) is 75.7 Å². The van der Waals surface area contributed by atoms with Crippen molar-refractivity contribution >= 4 is 29.5 Å². The van der Waals surface area contributed by atoms with E-state index in [0.717, 1.165) is 19.3 Å². The summed E-state index contributed by atoms with van der Waals surface area (Å²) < 4.78 is 6.05. The molecule has 1 aromatic carbocycles. The van der Waals surface area contributed by atoms with Gasteiger partial charge in [-0.1, -0.05) is 0 Å². The Morgan fingerprint density at radius 2 is 1.92 bits per heavy atom. The third-order valence-corrected chi connectivity index (χ3v) is 7.63. The number of rotatable bonds is 8. The van der Waals surface area contributed by atoms with Gasteiger partial charge in [0.1, 0.15) is 5.75 Å². The van der Waals surface area contributed by atoms with Crippen molar-refractivity contribution in [2.24, 2.45) is 5.92 Å². The number of piperidine rings is 1. The number of carbonyl (C=O) groups excluding carboxylic acids is 3. The molecule has 0 bridgehead atoms. The lowest BCUT2D eigenvalue weighted by atomic mass is 9.97. The summed E-state index contributed by atoms with van der Waals surface area (Å²) >= 11 is 0. The van der Waals surface area contributed by atoms with E-state index >= 15 is 0 Å². The number of ether oxygens (including phenoxy) is 1. The van der Waals surface area contributed by atoms with Crippen molar-refractivity contribution in [1.82, 2.24) is 15.1 Å². The first-order valence-electron chi connectivity index (χ1n) is 13.6. The van der Waals surface area contributed by atoms with Gasteiger partial charge in [0.2, 0.25) is 5.91 Å². The molecule has 3 aliphatic rings. The quantitative estimate of drug-likeness (QED) is 0.534. The molecule has 0 unspecified atom stereocenters. The molecular formula is C28H40N4O6. The molecule has 0 radical (unpaired) electrons. The minimum absolute atomic E-state index is 0.0112. The molecule has 38 heavy (non-hydrogen) atoms. The Morgan fingerprint density at radius 1 is 1.21 bits per heavy atom. The first kappa shape index (κ1) is 27.7. The van der Waals surface area contributed by atoms with Crippen LogP contribution in [-0.2, 0) is 9.59 Å². The first-order valence-corrected chi connectivity index (χ1v) is 13.6. The van der Waals surface area contributed by atoms with Crippen LogP contribution in [0.2, 0.25) is 0 Å². The first-order chi connectivity index (χ1) is 17.9. The lowest BCUT2D eigenvalue weighted by molar-refractivity contribution is -0.132. The second-order valence-electron chi connectivity index (χ2n) is 11.5.